The number of carbonyl (C=O) groups excluding carboxylic acids is 1. The first kappa shape index (κ1) is 15.0. The Bertz CT molecular complexity index is 613. The average molecular weight is 318 g/mol. The summed E-state index contributed by atoms with van der Waals surface area (Å²) in [6, 6.07) is 7.18. The predicted molar refractivity (Wildman–Crippen MR) is 85.4 cm³/mol. The third-order valence-electron chi connectivity index (χ3n) is 3.73. The number of hydrogen-bond acceptors (Lipinski definition) is 5. The van der Waals surface area contributed by atoms with Gasteiger partial charge in [-0.15, -0.1) is 11.3 Å². The minimum absolute atomic E-state index is 0.135. The zero-order valence-corrected chi connectivity index (χ0v) is 12.9. The fraction of sp³-hybridized carbons (Fsp3) is 0.375. The van der Waals surface area contributed by atoms with E-state index in [-0.39, 0.29) is 12.0 Å². The van der Waals surface area contributed by atoms with E-state index in [1.165, 1.54) is 11.3 Å². The highest BCUT2D eigenvalue weighted by atomic mass is 32.1. The van der Waals surface area contributed by atoms with Crippen LogP contribution < -0.4 is 10.1 Å². The highest BCUT2D eigenvalue weighted by molar-refractivity contribution is 7.07. The van der Waals surface area contributed by atoms with Crippen molar-refractivity contribution in [3.8, 4) is 5.75 Å². The number of thiazole rings is 1. The Hall–Kier alpha value is -1.92. The largest absolute Gasteiger partial charge is 0.488 e. The SMILES string of the molecule is O=C(Nc1ccc(OC2CCCCC2O)cc1)c1cscn1. The standard InChI is InChI=1S/C16H18N2O3S/c19-14-3-1-2-4-15(14)21-12-7-5-11(6-8-12)18-16(20)13-9-22-10-17-13/h5-10,14-15,19H,1-4H2,(H,18,20). The summed E-state index contributed by atoms with van der Waals surface area (Å²) in [6.45, 7) is 0. The van der Waals surface area contributed by atoms with Crippen molar-refractivity contribution < 1.29 is 14.6 Å². The highest BCUT2D eigenvalue weighted by Crippen LogP contribution is 2.25. The van der Waals surface area contributed by atoms with Gasteiger partial charge in [-0.2, -0.15) is 0 Å². The number of ether oxygens (including phenoxy) is 1. The Labute approximate surface area is 133 Å². The van der Waals surface area contributed by atoms with E-state index in [9.17, 15) is 9.90 Å². The second-order valence-electron chi connectivity index (χ2n) is 5.36. The molecule has 0 saturated heterocycles. The van der Waals surface area contributed by atoms with Crippen LogP contribution in [0.4, 0.5) is 5.69 Å². The minimum atomic E-state index is -0.391. The third kappa shape index (κ3) is 3.64. The Kier molecular flexibility index (Phi) is 4.70. The molecule has 22 heavy (non-hydrogen) atoms. The maximum Gasteiger partial charge on any atom is 0.275 e. The number of nitrogens with one attached hydrogen (secondary N) is 1. The second-order valence-corrected chi connectivity index (χ2v) is 6.08. The molecule has 2 aromatic rings. The summed E-state index contributed by atoms with van der Waals surface area (Å²) in [5.41, 5.74) is 2.73. The van der Waals surface area contributed by atoms with Crippen molar-refractivity contribution in [2.45, 2.75) is 37.9 Å². The van der Waals surface area contributed by atoms with Crippen LogP contribution in [-0.4, -0.2) is 28.2 Å². The van der Waals surface area contributed by atoms with Crippen molar-refractivity contribution in [3.63, 3.8) is 0 Å². The van der Waals surface area contributed by atoms with Crippen molar-refractivity contribution in [1.82, 2.24) is 4.98 Å². The molecular weight excluding hydrogens is 300 g/mol. The van der Waals surface area contributed by atoms with Gasteiger partial charge in [-0.3, -0.25) is 4.79 Å². The summed E-state index contributed by atoms with van der Waals surface area (Å²) in [7, 11) is 0. The van der Waals surface area contributed by atoms with E-state index in [0.29, 0.717) is 17.1 Å². The van der Waals surface area contributed by atoms with Crippen LogP contribution in [0.2, 0.25) is 0 Å². The molecule has 0 radical (unpaired) electrons. The molecule has 1 amide bonds. The summed E-state index contributed by atoms with van der Waals surface area (Å²) in [4.78, 5) is 15.9. The molecule has 2 atom stereocenters. The molecule has 1 fully saturated rings. The van der Waals surface area contributed by atoms with E-state index in [1.54, 1.807) is 35.2 Å². The first-order chi connectivity index (χ1) is 10.7. The van der Waals surface area contributed by atoms with Gasteiger partial charge in [0.05, 0.1) is 11.6 Å². The van der Waals surface area contributed by atoms with Crippen LogP contribution in [0.5, 0.6) is 5.75 Å². The van der Waals surface area contributed by atoms with Crippen LogP contribution in [0.25, 0.3) is 0 Å². The van der Waals surface area contributed by atoms with Gasteiger partial charge >= 0.3 is 0 Å². The lowest BCUT2D eigenvalue weighted by Crippen LogP contribution is -2.34. The summed E-state index contributed by atoms with van der Waals surface area (Å²) >= 11 is 1.38. The van der Waals surface area contributed by atoms with Crippen LogP contribution in [0.3, 0.4) is 0 Å². The van der Waals surface area contributed by atoms with Gasteiger partial charge < -0.3 is 15.2 Å². The maximum atomic E-state index is 11.9. The van der Waals surface area contributed by atoms with Crippen molar-refractivity contribution in [3.05, 3.63) is 40.8 Å². The Morgan fingerprint density at radius 3 is 2.73 bits per heavy atom. The van der Waals surface area contributed by atoms with Gasteiger partial charge in [-0.1, -0.05) is 6.42 Å². The normalized spacial score (nSPS) is 21.3. The van der Waals surface area contributed by atoms with Gasteiger partial charge in [0.2, 0.25) is 0 Å². The lowest BCUT2D eigenvalue weighted by Gasteiger charge is -2.28. The van der Waals surface area contributed by atoms with Gasteiger partial charge in [-0.05, 0) is 43.5 Å². The van der Waals surface area contributed by atoms with E-state index in [0.717, 1.165) is 25.7 Å². The average Bonchev–Trinajstić information content (AvgIpc) is 3.06. The van der Waals surface area contributed by atoms with Crippen LogP contribution in [0, 0.1) is 0 Å². The lowest BCUT2D eigenvalue weighted by atomic mass is 9.95. The molecule has 0 spiro atoms. The molecule has 2 N–H and O–H groups in total. The number of amides is 1. The molecule has 0 bridgehead atoms. The number of nitrogens with zero attached hydrogens (tertiary/aromatic N) is 1. The van der Waals surface area contributed by atoms with E-state index in [2.05, 4.69) is 10.3 Å². The van der Waals surface area contributed by atoms with Gasteiger partial charge in [-0.25, -0.2) is 4.98 Å². The quantitative estimate of drug-likeness (QED) is 0.909. The second kappa shape index (κ2) is 6.89. The number of rotatable bonds is 4. The van der Waals surface area contributed by atoms with E-state index in [4.69, 9.17) is 4.74 Å². The monoisotopic (exact) mass is 318 g/mol. The Morgan fingerprint density at radius 1 is 1.27 bits per heavy atom. The molecule has 1 aromatic carbocycles. The van der Waals surface area contributed by atoms with Crippen LogP contribution in [0.1, 0.15) is 36.2 Å². The smallest absolute Gasteiger partial charge is 0.275 e. The molecule has 3 rings (SSSR count). The molecule has 1 aliphatic carbocycles. The molecule has 1 heterocycles. The molecule has 0 aliphatic heterocycles. The molecule has 116 valence electrons. The topological polar surface area (TPSA) is 71.5 Å². The van der Waals surface area contributed by atoms with Crippen molar-refractivity contribution in [2.75, 3.05) is 5.32 Å². The van der Waals surface area contributed by atoms with Gasteiger partial charge in [0.25, 0.3) is 5.91 Å². The minimum Gasteiger partial charge on any atom is -0.488 e. The van der Waals surface area contributed by atoms with Gasteiger partial charge in [0.1, 0.15) is 17.5 Å². The predicted octanol–water partition coefficient (Wildman–Crippen LogP) is 3.08. The van der Waals surface area contributed by atoms with Gasteiger partial charge in [0.15, 0.2) is 0 Å². The molecule has 5 nitrogen and oxygen atoms in total. The summed E-state index contributed by atoms with van der Waals surface area (Å²) in [6.07, 6.45) is 3.30. The Morgan fingerprint density at radius 2 is 2.05 bits per heavy atom. The number of aliphatic hydroxyl groups is 1. The Balaban J connectivity index is 1.59. The zero-order valence-electron chi connectivity index (χ0n) is 12.1. The summed E-state index contributed by atoms with van der Waals surface area (Å²) in [5, 5.41) is 14.4. The van der Waals surface area contributed by atoms with Crippen LogP contribution >= 0.6 is 11.3 Å². The number of carbonyl (C=O) groups is 1. The fourth-order valence-electron chi connectivity index (χ4n) is 2.53. The van der Waals surface area contributed by atoms with E-state index < -0.39 is 6.10 Å². The van der Waals surface area contributed by atoms with E-state index >= 15 is 0 Å². The van der Waals surface area contributed by atoms with Crippen molar-refractivity contribution in [2.24, 2.45) is 0 Å². The number of benzene rings is 1. The first-order valence-corrected chi connectivity index (χ1v) is 8.31. The number of aromatic nitrogens is 1. The molecular formula is C16H18N2O3S. The fourth-order valence-corrected chi connectivity index (χ4v) is 3.06. The molecule has 6 heteroatoms. The summed E-state index contributed by atoms with van der Waals surface area (Å²) < 4.78 is 5.83. The third-order valence-corrected chi connectivity index (χ3v) is 4.32. The number of anilines is 1. The van der Waals surface area contributed by atoms with Crippen LogP contribution in [0.15, 0.2) is 35.2 Å². The molecule has 1 aromatic heterocycles. The van der Waals surface area contributed by atoms with Crippen molar-refractivity contribution in [1.29, 1.82) is 0 Å². The van der Waals surface area contributed by atoms with E-state index in [1.807, 2.05) is 0 Å². The first-order valence-electron chi connectivity index (χ1n) is 7.37. The molecule has 1 aliphatic rings. The molecule has 1 saturated carbocycles. The van der Waals surface area contributed by atoms with Gasteiger partial charge in [0, 0.05) is 11.1 Å². The zero-order chi connectivity index (χ0) is 15.4. The lowest BCUT2D eigenvalue weighted by molar-refractivity contribution is 0.00688. The van der Waals surface area contributed by atoms with Crippen LogP contribution in [-0.2, 0) is 0 Å². The number of aliphatic hydroxyl groups excluding tert-OH is 1. The highest BCUT2D eigenvalue weighted by Gasteiger charge is 2.24. The molecule has 2 unspecified atom stereocenters. The summed E-state index contributed by atoms with van der Waals surface area (Å²) in [5.74, 6) is 0.482. The number of hydrogen-bond donors (Lipinski definition) is 2. The van der Waals surface area contributed by atoms with Crippen molar-refractivity contribution >= 4 is 22.9 Å². The maximum absolute atomic E-state index is 11.9.